The normalized spacial score (nSPS) is 17.7. The van der Waals surface area contributed by atoms with Gasteiger partial charge in [0.05, 0.1) is 0 Å². The molecule has 4 nitrogen and oxygen atoms in total. The summed E-state index contributed by atoms with van der Waals surface area (Å²) in [5.74, 6) is 1.53. The minimum atomic E-state index is -0.482. The van der Waals surface area contributed by atoms with E-state index < -0.39 is 6.10 Å². The smallest absolute Gasteiger partial charge is 0.122 e. The molecule has 1 atom stereocenters. The molecule has 1 fully saturated rings. The van der Waals surface area contributed by atoms with Gasteiger partial charge in [-0.25, -0.2) is 0 Å². The summed E-state index contributed by atoms with van der Waals surface area (Å²) in [5, 5.41) is 13.3. The second-order valence-corrected chi connectivity index (χ2v) is 5.95. The second kappa shape index (κ2) is 8.37. The molecule has 118 valence electrons. The molecule has 2 N–H and O–H groups in total. The first kappa shape index (κ1) is 16.3. The fourth-order valence-corrected chi connectivity index (χ4v) is 2.51. The average Bonchev–Trinajstić information content (AvgIpc) is 2.49. The van der Waals surface area contributed by atoms with Gasteiger partial charge in [-0.05, 0) is 56.3 Å². The Bertz CT molecular complexity index is 430. The molecule has 1 aliphatic heterocycles. The Hall–Kier alpha value is -1.10. The van der Waals surface area contributed by atoms with E-state index >= 15 is 0 Å². The highest BCUT2D eigenvalue weighted by atomic mass is 16.5. The first-order chi connectivity index (χ1) is 10.1. The number of benzene rings is 1. The number of aliphatic hydroxyl groups excluding tert-OH is 1. The minimum Gasteiger partial charge on any atom is -0.491 e. The predicted molar refractivity (Wildman–Crippen MR) is 83.8 cm³/mol. The first-order valence-electron chi connectivity index (χ1n) is 7.81. The van der Waals surface area contributed by atoms with Gasteiger partial charge in [0, 0.05) is 19.8 Å². The van der Waals surface area contributed by atoms with Crippen LogP contribution in [0.5, 0.6) is 5.75 Å². The molecule has 1 aromatic rings. The van der Waals surface area contributed by atoms with Crippen molar-refractivity contribution in [1.82, 2.24) is 5.32 Å². The van der Waals surface area contributed by atoms with E-state index in [1.54, 1.807) is 0 Å². The second-order valence-electron chi connectivity index (χ2n) is 5.95. The lowest BCUT2D eigenvalue weighted by Gasteiger charge is -2.23. The van der Waals surface area contributed by atoms with Crippen molar-refractivity contribution in [2.45, 2.75) is 32.8 Å². The number of aliphatic hydroxyl groups is 1. The number of hydrogen-bond donors (Lipinski definition) is 2. The van der Waals surface area contributed by atoms with Crippen LogP contribution in [-0.2, 0) is 4.74 Å². The molecule has 1 aromatic carbocycles. The van der Waals surface area contributed by atoms with Crippen LogP contribution in [0.1, 0.15) is 24.0 Å². The van der Waals surface area contributed by atoms with Crippen molar-refractivity contribution in [3.63, 3.8) is 0 Å². The Morgan fingerprint density at radius 3 is 2.86 bits per heavy atom. The van der Waals surface area contributed by atoms with E-state index in [2.05, 4.69) is 11.4 Å². The molecular weight excluding hydrogens is 266 g/mol. The van der Waals surface area contributed by atoms with E-state index in [1.165, 1.54) is 5.56 Å². The van der Waals surface area contributed by atoms with Gasteiger partial charge in [0.2, 0.25) is 0 Å². The molecule has 2 rings (SSSR count). The first-order valence-corrected chi connectivity index (χ1v) is 7.81. The number of aryl methyl sites for hydroxylation is 2. The van der Waals surface area contributed by atoms with Crippen molar-refractivity contribution in [3.8, 4) is 5.75 Å². The summed E-state index contributed by atoms with van der Waals surface area (Å²) in [6, 6.07) is 6.12. The van der Waals surface area contributed by atoms with Crippen LogP contribution in [0.25, 0.3) is 0 Å². The molecule has 0 aromatic heterocycles. The third-order valence-corrected chi connectivity index (χ3v) is 3.93. The maximum atomic E-state index is 9.99. The van der Waals surface area contributed by atoms with Crippen LogP contribution in [0.2, 0.25) is 0 Å². The number of rotatable bonds is 7. The van der Waals surface area contributed by atoms with Crippen molar-refractivity contribution < 1.29 is 14.6 Å². The lowest BCUT2D eigenvalue weighted by Crippen LogP contribution is -2.35. The quantitative estimate of drug-likeness (QED) is 0.808. The average molecular weight is 293 g/mol. The molecule has 1 unspecified atom stereocenters. The van der Waals surface area contributed by atoms with Gasteiger partial charge in [-0.2, -0.15) is 0 Å². The summed E-state index contributed by atoms with van der Waals surface area (Å²) >= 11 is 0. The van der Waals surface area contributed by atoms with Crippen LogP contribution in [0, 0.1) is 19.8 Å². The molecule has 1 saturated heterocycles. The van der Waals surface area contributed by atoms with Crippen molar-refractivity contribution in [1.29, 1.82) is 0 Å². The summed E-state index contributed by atoms with van der Waals surface area (Å²) < 4.78 is 11.1. The zero-order valence-electron chi connectivity index (χ0n) is 13.1. The summed E-state index contributed by atoms with van der Waals surface area (Å²) in [4.78, 5) is 0. The van der Waals surface area contributed by atoms with Crippen LogP contribution in [0.4, 0.5) is 0 Å². The molecule has 1 heterocycles. The van der Waals surface area contributed by atoms with Crippen LogP contribution in [-0.4, -0.2) is 44.1 Å². The maximum absolute atomic E-state index is 9.99. The number of ether oxygens (including phenoxy) is 2. The van der Waals surface area contributed by atoms with Crippen molar-refractivity contribution >= 4 is 0 Å². The highest BCUT2D eigenvalue weighted by Crippen LogP contribution is 2.19. The SMILES string of the molecule is Cc1ccc(C)c(OCC(O)CNCC2CCOCC2)c1. The van der Waals surface area contributed by atoms with Gasteiger partial charge in [-0.15, -0.1) is 0 Å². The highest BCUT2D eigenvalue weighted by Gasteiger charge is 2.14. The van der Waals surface area contributed by atoms with Gasteiger partial charge in [0.1, 0.15) is 18.5 Å². The molecule has 0 bridgehead atoms. The van der Waals surface area contributed by atoms with E-state index in [4.69, 9.17) is 9.47 Å². The van der Waals surface area contributed by atoms with Gasteiger partial charge in [-0.3, -0.25) is 0 Å². The molecule has 21 heavy (non-hydrogen) atoms. The molecule has 0 spiro atoms. The molecule has 0 aliphatic carbocycles. The lowest BCUT2D eigenvalue weighted by molar-refractivity contribution is 0.0630. The fraction of sp³-hybridized carbons (Fsp3) is 0.647. The zero-order chi connectivity index (χ0) is 15.1. The van der Waals surface area contributed by atoms with Crippen LogP contribution in [0.3, 0.4) is 0 Å². The van der Waals surface area contributed by atoms with Crippen molar-refractivity contribution in [2.24, 2.45) is 5.92 Å². The van der Waals surface area contributed by atoms with Crippen molar-refractivity contribution in [3.05, 3.63) is 29.3 Å². The third-order valence-electron chi connectivity index (χ3n) is 3.93. The standard InChI is InChI=1S/C17H27NO3/c1-13-3-4-14(2)17(9-13)21-12-16(19)11-18-10-15-5-7-20-8-6-15/h3-4,9,15-16,18-19H,5-8,10-12H2,1-2H3. The molecule has 4 heteroatoms. The zero-order valence-corrected chi connectivity index (χ0v) is 13.1. The van der Waals surface area contributed by atoms with Crippen LogP contribution >= 0.6 is 0 Å². The largest absolute Gasteiger partial charge is 0.491 e. The van der Waals surface area contributed by atoms with E-state index in [-0.39, 0.29) is 0 Å². The van der Waals surface area contributed by atoms with Gasteiger partial charge in [0.15, 0.2) is 0 Å². The summed E-state index contributed by atoms with van der Waals surface area (Å²) in [6.45, 7) is 7.63. The van der Waals surface area contributed by atoms with E-state index in [1.807, 2.05) is 26.0 Å². The summed E-state index contributed by atoms with van der Waals surface area (Å²) in [7, 11) is 0. The number of nitrogens with one attached hydrogen (secondary N) is 1. The van der Waals surface area contributed by atoms with Gasteiger partial charge < -0.3 is 19.9 Å². The summed E-state index contributed by atoms with van der Waals surface area (Å²) in [5.41, 5.74) is 2.27. The Kier molecular flexibility index (Phi) is 6.49. The molecule has 1 aliphatic rings. The predicted octanol–water partition coefficient (Wildman–Crippen LogP) is 2.06. The van der Waals surface area contributed by atoms with Gasteiger partial charge in [-0.1, -0.05) is 12.1 Å². The highest BCUT2D eigenvalue weighted by molar-refractivity contribution is 5.35. The topological polar surface area (TPSA) is 50.7 Å². The van der Waals surface area contributed by atoms with E-state index in [0.29, 0.717) is 19.1 Å². The molecule has 0 radical (unpaired) electrons. The monoisotopic (exact) mass is 293 g/mol. The van der Waals surface area contributed by atoms with Gasteiger partial charge in [0.25, 0.3) is 0 Å². The van der Waals surface area contributed by atoms with Crippen LogP contribution in [0.15, 0.2) is 18.2 Å². The molecule has 0 saturated carbocycles. The van der Waals surface area contributed by atoms with E-state index in [9.17, 15) is 5.11 Å². The Morgan fingerprint density at radius 2 is 2.10 bits per heavy atom. The van der Waals surface area contributed by atoms with Crippen molar-refractivity contribution in [2.75, 3.05) is 32.9 Å². The fourth-order valence-electron chi connectivity index (χ4n) is 2.51. The van der Waals surface area contributed by atoms with E-state index in [0.717, 1.165) is 43.9 Å². The molecular formula is C17H27NO3. The van der Waals surface area contributed by atoms with Gasteiger partial charge >= 0.3 is 0 Å². The van der Waals surface area contributed by atoms with Crippen LogP contribution < -0.4 is 10.1 Å². The lowest BCUT2D eigenvalue weighted by atomic mass is 10.0. The Balaban J connectivity index is 1.65. The number of hydrogen-bond acceptors (Lipinski definition) is 4. The Labute approximate surface area is 127 Å². The molecule has 0 amide bonds. The summed E-state index contributed by atoms with van der Waals surface area (Å²) in [6.07, 6.45) is 1.74. The minimum absolute atomic E-state index is 0.324. The third kappa shape index (κ3) is 5.65. The maximum Gasteiger partial charge on any atom is 0.122 e. The Morgan fingerprint density at radius 1 is 1.33 bits per heavy atom.